The fourth-order valence-corrected chi connectivity index (χ4v) is 12.0. The Bertz CT molecular complexity index is 4280. The van der Waals surface area contributed by atoms with Crippen molar-refractivity contribution in [2.75, 3.05) is 22.9 Å². The number of nitrogens with zero attached hydrogens (tertiary/aromatic N) is 4. The highest BCUT2D eigenvalue weighted by molar-refractivity contribution is 5.55. The van der Waals surface area contributed by atoms with E-state index in [2.05, 4.69) is 354 Å². The maximum absolute atomic E-state index is 14.2. The number of nitrogen functional groups attached to an aromatic ring is 4. The zero-order valence-corrected chi connectivity index (χ0v) is 94.1. The summed E-state index contributed by atoms with van der Waals surface area (Å²) in [6.07, 6.45) is 20.6. The molecule has 8 nitrogen and oxygen atoms in total. The van der Waals surface area contributed by atoms with Gasteiger partial charge in [0.05, 0.1) is 11.4 Å². The number of anilines is 4. The van der Waals surface area contributed by atoms with Gasteiger partial charge in [-0.2, -0.15) is 8.78 Å². The molecule has 4 heterocycles. The van der Waals surface area contributed by atoms with Crippen LogP contribution in [0.15, 0.2) is 146 Å². The lowest BCUT2D eigenvalue weighted by molar-refractivity contribution is 0.494. The van der Waals surface area contributed by atoms with E-state index in [9.17, 15) is 17.6 Å². The van der Waals surface area contributed by atoms with Crippen molar-refractivity contribution in [3.05, 3.63) is 259 Å². The lowest BCUT2D eigenvalue weighted by atomic mass is 9.83. The Balaban J connectivity index is -0.000000695. The van der Waals surface area contributed by atoms with Gasteiger partial charge in [-0.15, -0.1) is 0 Å². The average molecular weight is 1830 g/mol. The molecule has 8 aromatic rings. The number of benzene rings is 4. The Morgan fingerprint density at radius 1 is 0.250 bits per heavy atom. The van der Waals surface area contributed by atoms with Gasteiger partial charge in [-0.05, 0) is 250 Å². The van der Waals surface area contributed by atoms with Crippen molar-refractivity contribution >= 4 is 47.3 Å². The van der Waals surface area contributed by atoms with E-state index < -0.39 is 5.95 Å². The van der Waals surface area contributed by atoms with Crippen molar-refractivity contribution in [3.8, 4) is 0 Å². The summed E-state index contributed by atoms with van der Waals surface area (Å²) in [6.45, 7) is 110. The number of allylic oxidation sites excluding steroid dienone is 4. The summed E-state index contributed by atoms with van der Waals surface area (Å²) in [6, 6.07) is 35.5. The van der Waals surface area contributed by atoms with Crippen molar-refractivity contribution in [1.82, 2.24) is 19.9 Å². The van der Waals surface area contributed by atoms with Gasteiger partial charge >= 0.3 is 0 Å². The van der Waals surface area contributed by atoms with Crippen LogP contribution in [0.3, 0.4) is 0 Å². The molecule has 0 saturated carbocycles. The Morgan fingerprint density at radius 2 is 0.530 bits per heavy atom. The first-order chi connectivity index (χ1) is 58.9. The molecule has 0 radical (unpaired) electrons. The minimum absolute atomic E-state index is 0.0781. The fourth-order valence-electron chi connectivity index (χ4n) is 12.0. The second kappa shape index (κ2) is 56.0. The van der Waals surface area contributed by atoms with Crippen LogP contribution in [0.2, 0.25) is 0 Å². The number of pyridine rings is 4. The fraction of sp³-hybridized carbons (Fsp3) is 0.567. The standard InChI is InChI=1S/C17H25F.C16H24FN.C16H24.C15H23N.C11H16FN.C10H15FN2.C10H15N.C9H14N2.4C4H10/c1-12-10-13(8-9-16(2,3)4)11-14(18)15(12)17(5,6)7;1-11-10-12(8-9-15(2,3)4)18-14(17)13(11)16(5,6)7;1-15(2,3)12-11-13-7-9-14(10-8-13)16(4,5)6;1-14(2,3)10-9-13-8-7-12(11-16-13)15(4,5)6;1-7-5-8(13)6-9(12)10(7)11(2,3)4;1-6-5-7(12)13-9(11)8(6)10(2,3)4;1-10(2,3)8-4-6-9(11)7-5-8;1-9(2,3)7-4-5-8(10)11-6-7;4*1-4(2)3/h8-11H,1-7H3;8-10H,1-7H3;7-12H,1-6H3;7-11H,1-6H3;5-6H,13H2,1-4H3;5H,1-4H3,(H2,12,13);4-7H,11H2,1-3H3;4-6H,1-3H3,(H2,10,11);4*4H,1-3H3/b2*9-8+;12-11+;10-9+;;;;;;;;. The number of aromatic nitrogens is 4. The Kier molecular flexibility index (Phi) is 55.0. The molecule has 12 heteroatoms. The van der Waals surface area contributed by atoms with Crippen LogP contribution in [0.5, 0.6) is 0 Å². The third-order valence-electron chi connectivity index (χ3n) is 17.9. The number of aryl methyl sites for hydroxylation is 4. The first-order valence-electron chi connectivity index (χ1n) is 47.8. The quantitative estimate of drug-likeness (QED) is 0.0771. The molecule has 0 atom stereocenters. The smallest absolute Gasteiger partial charge is 0.218 e. The lowest BCUT2D eigenvalue weighted by Gasteiger charge is -2.23. The molecule has 0 aliphatic rings. The summed E-state index contributed by atoms with van der Waals surface area (Å²) in [4.78, 5) is 16.1. The molecular formula is C120H196F4N8. The van der Waals surface area contributed by atoms with E-state index in [1.807, 2.05) is 178 Å². The topological polar surface area (TPSA) is 156 Å². The van der Waals surface area contributed by atoms with Crippen LogP contribution in [-0.4, -0.2) is 19.9 Å². The molecule has 0 fully saturated rings. The second-order valence-corrected chi connectivity index (χ2v) is 50.4. The Morgan fingerprint density at radius 3 is 0.818 bits per heavy atom. The van der Waals surface area contributed by atoms with Crippen molar-refractivity contribution in [2.24, 2.45) is 45.3 Å². The highest BCUT2D eigenvalue weighted by atomic mass is 19.1. The van der Waals surface area contributed by atoms with Crippen molar-refractivity contribution in [2.45, 2.75) is 403 Å². The van der Waals surface area contributed by atoms with Gasteiger partial charge in [-0.1, -0.05) is 423 Å². The van der Waals surface area contributed by atoms with Crippen LogP contribution in [-0.2, 0) is 43.3 Å². The minimum atomic E-state index is -0.454. The largest absolute Gasteiger partial charge is 0.399 e. The molecule has 8 N–H and O–H groups in total. The molecule has 132 heavy (non-hydrogen) atoms. The highest BCUT2D eigenvalue weighted by Crippen LogP contribution is 2.35. The summed E-state index contributed by atoms with van der Waals surface area (Å²) >= 11 is 0. The van der Waals surface area contributed by atoms with Crippen LogP contribution in [0, 0.1) is 96.6 Å². The lowest BCUT2D eigenvalue weighted by Crippen LogP contribution is -2.17. The van der Waals surface area contributed by atoms with Crippen LogP contribution < -0.4 is 22.9 Å². The van der Waals surface area contributed by atoms with Crippen LogP contribution in [0.4, 0.5) is 40.6 Å². The summed E-state index contributed by atoms with van der Waals surface area (Å²) in [5.41, 5.74) is 39.8. The maximum Gasteiger partial charge on any atom is 0.218 e. The van der Waals surface area contributed by atoms with E-state index in [4.69, 9.17) is 22.9 Å². The van der Waals surface area contributed by atoms with Gasteiger partial charge in [0.25, 0.3) is 0 Å². The van der Waals surface area contributed by atoms with Gasteiger partial charge < -0.3 is 22.9 Å². The number of rotatable bonds is 4. The monoisotopic (exact) mass is 1830 g/mol. The zero-order valence-electron chi connectivity index (χ0n) is 94.1. The van der Waals surface area contributed by atoms with Gasteiger partial charge in [0, 0.05) is 34.9 Å². The first-order valence-corrected chi connectivity index (χ1v) is 47.8. The van der Waals surface area contributed by atoms with Gasteiger partial charge in [-0.3, -0.25) is 4.98 Å². The number of nitrogens with two attached hydrogens (primary N) is 4. The molecule has 744 valence electrons. The molecule has 0 aliphatic heterocycles. The molecule has 0 bridgehead atoms. The van der Waals surface area contributed by atoms with Gasteiger partial charge in [-0.25, -0.2) is 23.7 Å². The Labute approximate surface area is 810 Å². The van der Waals surface area contributed by atoms with E-state index in [-0.39, 0.29) is 88.4 Å². The second-order valence-electron chi connectivity index (χ2n) is 50.4. The molecular weight excluding hydrogens is 1630 g/mol. The van der Waals surface area contributed by atoms with E-state index in [1.165, 1.54) is 33.9 Å². The summed E-state index contributed by atoms with van der Waals surface area (Å²) in [5.74, 6) is 3.04. The molecule has 0 unspecified atom stereocenters. The maximum atomic E-state index is 14.2. The normalized spacial score (nSPS) is 12.2. The van der Waals surface area contributed by atoms with Gasteiger partial charge in [0.1, 0.15) is 23.3 Å². The summed E-state index contributed by atoms with van der Waals surface area (Å²) in [7, 11) is 0. The first kappa shape index (κ1) is 130. The van der Waals surface area contributed by atoms with Crippen molar-refractivity contribution < 1.29 is 17.6 Å². The van der Waals surface area contributed by atoms with Crippen LogP contribution in [0.25, 0.3) is 24.3 Å². The zero-order chi connectivity index (χ0) is 105. The third-order valence-corrected chi connectivity index (χ3v) is 17.9. The molecule has 0 saturated heterocycles. The molecule has 4 aromatic carbocycles. The predicted octanol–water partition coefficient (Wildman–Crippen LogP) is 36.5. The van der Waals surface area contributed by atoms with Crippen molar-refractivity contribution in [1.29, 1.82) is 0 Å². The summed E-state index contributed by atoms with van der Waals surface area (Å²) < 4.78 is 55.2. The van der Waals surface area contributed by atoms with Crippen LogP contribution >= 0.6 is 0 Å². The number of hydrogen-bond acceptors (Lipinski definition) is 8. The highest BCUT2D eigenvalue weighted by Gasteiger charge is 2.27. The minimum Gasteiger partial charge on any atom is -0.399 e. The summed E-state index contributed by atoms with van der Waals surface area (Å²) in [5, 5.41) is 0. The SMILES string of the molecule is CC(C)(C)/C=C/c1ccc(C(C)(C)C)cc1.CC(C)(C)/C=C/c1ccc(C(C)(C)C)cn1.CC(C)(C)c1ccc(N)cc1.CC(C)(C)c1ccc(N)nc1.CC(C)C.CC(C)C.CC(C)C.CC(C)C.Cc1cc(/C=C/C(C)(C)C)cc(F)c1C(C)(C)C.Cc1cc(/C=C/C(C)(C)C)nc(F)c1C(C)(C)C.Cc1cc(N)cc(F)c1C(C)(C)C.Cc1cc(N)nc(F)c1C(C)(C)C. The molecule has 8 rings (SSSR count). The Hall–Kier alpha value is -8.64. The van der Waals surface area contributed by atoms with Crippen LogP contribution in [0.1, 0.15) is 422 Å². The number of halogens is 4. The molecule has 0 aliphatic carbocycles. The molecule has 0 spiro atoms. The average Bonchev–Trinajstić information content (AvgIpc) is 0.789. The third kappa shape index (κ3) is 62.8. The molecule has 0 amide bonds. The van der Waals surface area contributed by atoms with Gasteiger partial charge in [0.2, 0.25) is 11.9 Å². The number of hydrogen-bond donors (Lipinski definition) is 4. The van der Waals surface area contributed by atoms with E-state index in [0.717, 1.165) is 74.0 Å². The van der Waals surface area contributed by atoms with E-state index >= 15 is 0 Å². The van der Waals surface area contributed by atoms with E-state index in [1.54, 1.807) is 12.1 Å². The van der Waals surface area contributed by atoms with E-state index in [0.29, 0.717) is 28.3 Å². The van der Waals surface area contributed by atoms with Gasteiger partial charge in [0.15, 0.2) is 0 Å². The molecule has 4 aromatic heterocycles. The van der Waals surface area contributed by atoms with Crippen molar-refractivity contribution in [3.63, 3.8) is 0 Å². The predicted molar refractivity (Wildman–Crippen MR) is 585 cm³/mol.